The summed E-state index contributed by atoms with van der Waals surface area (Å²) in [6, 6.07) is 17.6. The van der Waals surface area contributed by atoms with E-state index in [1.54, 1.807) is 35.4 Å². The third kappa shape index (κ3) is 3.78. The molecule has 0 unspecified atom stereocenters. The van der Waals surface area contributed by atoms with Gasteiger partial charge >= 0.3 is 6.03 Å². The lowest BCUT2D eigenvalue weighted by Gasteiger charge is -2.33. The Morgan fingerprint density at radius 1 is 1.09 bits per heavy atom. The van der Waals surface area contributed by atoms with Crippen molar-refractivity contribution in [2.75, 3.05) is 10.2 Å². The minimum atomic E-state index is -0.581. The first-order chi connectivity index (χ1) is 15.6. The number of Topliss-reactive ketones (excluding diaryl/α,β-unsaturated/α-hetero) is 1. The van der Waals surface area contributed by atoms with Crippen molar-refractivity contribution in [2.45, 2.75) is 31.8 Å². The van der Waals surface area contributed by atoms with Crippen molar-refractivity contribution in [3.05, 3.63) is 94.5 Å². The van der Waals surface area contributed by atoms with Gasteiger partial charge in [0.25, 0.3) is 0 Å². The monoisotopic (exact) mass is 447 g/mol. The number of rotatable bonds is 3. The number of furan rings is 1. The van der Waals surface area contributed by atoms with Crippen molar-refractivity contribution in [1.29, 1.82) is 0 Å². The number of carbonyl (C=O) groups excluding carboxylic acids is 2. The van der Waals surface area contributed by atoms with Crippen LogP contribution in [0, 0.1) is 0 Å². The van der Waals surface area contributed by atoms with Crippen LogP contribution in [0.4, 0.5) is 16.2 Å². The summed E-state index contributed by atoms with van der Waals surface area (Å²) < 4.78 is 5.37. The molecule has 32 heavy (non-hydrogen) atoms. The number of halogens is 1. The second-order valence-electron chi connectivity index (χ2n) is 7.87. The molecule has 0 saturated heterocycles. The number of nitrogens with one attached hydrogen (secondary N) is 2. The Bertz CT molecular complexity index is 1190. The molecule has 2 aliphatic rings. The highest BCUT2D eigenvalue weighted by Crippen LogP contribution is 2.44. The molecule has 0 saturated carbocycles. The highest BCUT2D eigenvalue weighted by Gasteiger charge is 2.39. The molecule has 162 valence electrons. The van der Waals surface area contributed by atoms with Gasteiger partial charge in [-0.3, -0.25) is 9.69 Å². The standard InChI is InChI=1S/C25H22ClN3O3/c26-17-12-10-16(11-13-17)24-23-20(7-3-9-22(23)30)28-19-6-1-2-8-21(19)29(24)25(31)27-15-18-5-4-14-32-18/h1-2,4-6,8,10-14,24,28H,3,7,9,15H2,(H,27,31)/t24-/m0/s1. The number of carbonyl (C=O) groups is 2. The van der Waals surface area contributed by atoms with Crippen LogP contribution < -0.4 is 15.5 Å². The van der Waals surface area contributed by atoms with E-state index < -0.39 is 6.04 Å². The molecule has 1 aliphatic heterocycles. The zero-order valence-corrected chi connectivity index (χ0v) is 18.1. The summed E-state index contributed by atoms with van der Waals surface area (Å²) in [4.78, 5) is 28.5. The number of ketones is 1. The van der Waals surface area contributed by atoms with Crippen LogP contribution in [0.15, 0.2) is 82.6 Å². The topological polar surface area (TPSA) is 74.6 Å². The molecular formula is C25H22ClN3O3. The molecule has 0 fully saturated rings. The average Bonchev–Trinajstić information content (AvgIpc) is 3.27. The molecule has 7 heteroatoms. The fourth-order valence-electron chi connectivity index (χ4n) is 4.38. The number of fused-ring (bicyclic) bond motifs is 1. The Labute approximate surface area is 190 Å². The van der Waals surface area contributed by atoms with Gasteiger partial charge in [0.05, 0.1) is 30.2 Å². The third-order valence-electron chi connectivity index (χ3n) is 5.84. The first-order valence-corrected chi connectivity index (χ1v) is 11.0. The number of para-hydroxylation sites is 2. The van der Waals surface area contributed by atoms with Crippen LogP contribution in [-0.4, -0.2) is 11.8 Å². The predicted octanol–water partition coefficient (Wildman–Crippen LogP) is 5.82. The summed E-state index contributed by atoms with van der Waals surface area (Å²) in [5, 5.41) is 7.00. The van der Waals surface area contributed by atoms with Gasteiger partial charge in [-0.25, -0.2) is 4.79 Å². The van der Waals surface area contributed by atoms with Crippen LogP contribution in [0.3, 0.4) is 0 Å². The van der Waals surface area contributed by atoms with Crippen molar-refractivity contribution in [1.82, 2.24) is 5.32 Å². The van der Waals surface area contributed by atoms with E-state index in [1.165, 1.54) is 0 Å². The lowest BCUT2D eigenvalue weighted by atomic mass is 9.86. The summed E-state index contributed by atoms with van der Waals surface area (Å²) in [6.07, 6.45) is 3.57. The van der Waals surface area contributed by atoms with Crippen molar-refractivity contribution < 1.29 is 14.0 Å². The van der Waals surface area contributed by atoms with Crippen molar-refractivity contribution >= 4 is 34.8 Å². The van der Waals surface area contributed by atoms with Crippen LogP contribution in [-0.2, 0) is 11.3 Å². The molecule has 0 bridgehead atoms. The Morgan fingerprint density at radius 3 is 2.69 bits per heavy atom. The van der Waals surface area contributed by atoms with Crippen LogP contribution in [0.5, 0.6) is 0 Å². The average molecular weight is 448 g/mol. The Balaban J connectivity index is 1.65. The Morgan fingerprint density at radius 2 is 1.91 bits per heavy atom. The van der Waals surface area contributed by atoms with Crippen LogP contribution in [0.1, 0.15) is 36.6 Å². The van der Waals surface area contributed by atoms with E-state index in [0.717, 1.165) is 29.8 Å². The maximum atomic E-state index is 13.6. The summed E-state index contributed by atoms with van der Waals surface area (Å²) in [7, 11) is 0. The molecule has 6 nitrogen and oxygen atoms in total. The molecule has 5 rings (SSSR count). The van der Waals surface area contributed by atoms with Gasteiger partial charge in [-0.2, -0.15) is 0 Å². The molecule has 0 radical (unpaired) electrons. The fourth-order valence-corrected chi connectivity index (χ4v) is 4.51. The number of urea groups is 1. The SMILES string of the molecule is O=C1CCCC2=C1[C@H](c1ccc(Cl)cc1)N(C(=O)NCc1ccco1)c1ccccc1N2. The van der Waals surface area contributed by atoms with Crippen molar-refractivity contribution in [2.24, 2.45) is 0 Å². The number of amides is 2. The molecule has 2 heterocycles. The highest BCUT2D eigenvalue weighted by atomic mass is 35.5. The Hall–Kier alpha value is -3.51. The van der Waals surface area contributed by atoms with Gasteiger partial charge in [0, 0.05) is 22.7 Å². The largest absolute Gasteiger partial charge is 0.467 e. The molecule has 0 spiro atoms. The van der Waals surface area contributed by atoms with E-state index in [0.29, 0.717) is 28.5 Å². The number of nitrogens with zero attached hydrogens (tertiary/aromatic N) is 1. The maximum absolute atomic E-state index is 13.6. The Kier molecular flexibility index (Phi) is 5.45. The van der Waals surface area contributed by atoms with Gasteiger partial charge in [-0.15, -0.1) is 0 Å². The second-order valence-corrected chi connectivity index (χ2v) is 8.31. The van der Waals surface area contributed by atoms with Gasteiger partial charge in [-0.05, 0) is 54.8 Å². The molecular weight excluding hydrogens is 426 g/mol. The predicted molar refractivity (Wildman–Crippen MR) is 124 cm³/mol. The summed E-state index contributed by atoms with van der Waals surface area (Å²) >= 11 is 6.14. The van der Waals surface area contributed by atoms with Gasteiger partial charge in [0.2, 0.25) is 0 Å². The van der Waals surface area contributed by atoms with Crippen LogP contribution in [0.2, 0.25) is 5.02 Å². The van der Waals surface area contributed by atoms with E-state index in [1.807, 2.05) is 36.4 Å². The zero-order valence-electron chi connectivity index (χ0n) is 17.3. The third-order valence-corrected chi connectivity index (χ3v) is 6.09. The second kappa shape index (κ2) is 8.55. The molecule has 2 aromatic carbocycles. The molecule has 1 atom stereocenters. The molecule has 1 aliphatic carbocycles. The fraction of sp³-hybridized carbons (Fsp3) is 0.200. The summed E-state index contributed by atoms with van der Waals surface area (Å²) in [5.41, 5.74) is 3.81. The van der Waals surface area contributed by atoms with E-state index in [2.05, 4.69) is 10.6 Å². The number of allylic oxidation sites excluding steroid dienone is 1. The van der Waals surface area contributed by atoms with E-state index >= 15 is 0 Å². The number of hydrogen-bond donors (Lipinski definition) is 2. The minimum absolute atomic E-state index is 0.0512. The van der Waals surface area contributed by atoms with Gasteiger partial charge < -0.3 is 15.1 Å². The molecule has 2 amide bonds. The molecule has 3 aromatic rings. The summed E-state index contributed by atoms with van der Waals surface area (Å²) in [5.74, 6) is 0.701. The summed E-state index contributed by atoms with van der Waals surface area (Å²) in [6.45, 7) is 0.241. The number of hydrogen-bond acceptors (Lipinski definition) is 4. The van der Waals surface area contributed by atoms with Crippen molar-refractivity contribution in [3.8, 4) is 0 Å². The van der Waals surface area contributed by atoms with E-state index in [9.17, 15) is 9.59 Å². The smallest absolute Gasteiger partial charge is 0.323 e. The number of benzene rings is 2. The first-order valence-electron chi connectivity index (χ1n) is 10.6. The quantitative estimate of drug-likeness (QED) is 0.530. The lowest BCUT2D eigenvalue weighted by molar-refractivity contribution is -0.116. The van der Waals surface area contributed by atoms with Crippen molar-refractivity contribution in [3.63, 3.8) is 0 Å². The zero-order chi connectivity index (χ0) is 22.1. The molecule has 1 aromatic heterocycles. The van der Waals surface area contributed by atoms with Gasteiger partial charge in [-0.1, -0.05) is 35.9 Å². The number of anilines is 2. The molecule has 2 N–H and O–H groups in total. The normalized spacial score (nSPS) is 17.8. The van der Waals surface area contributed by atoms with Crippen LogP contribution >= 0.6 is 11.6 Å². The lowest BCUT2D eigenvalue weighted by Crippen LogP contribution is -2.43. The van der Waals surface area contributed by atoms with Gasteiger partial charge in [0.15, 0.2) is 5.78 Å². The van der Waals surface area contributed by atoms with Gasteiger partial charge in [0.1, 0.15) is 5.76 Å². The first kappa shape index (κ1) is 20.4. The van der Waals surface area contributed by atoms with E-state index in [-0.39, 0.29) is 18.4 Å². The maximum Gasteiger partial charge on any atom is 0.323 e. The van der Waals surface area contributed by atoms with Crippen LogP contribution in [0.25, 0.3) is 0 Å². The van der Waals surface area contributed by atoms with E-state index in [4.69, 9.17) is 16.0 Å². The minimum Gasteiger partial charge on any atom is -0.467 e. The highest BCUT2D eigenvalue weighted by molar-refractivity contribution is 6.30.